The molecule has 0 spiro atoms. The van der Waals surface area contributed by atoms with Crippen molar-refractivity contribution < 1.29 is 39.6 Å². The van der Waals surface area contributed by atoms with Crippen LogP contribution in [0.1, 0.15) is 107 Å². The first-order chi connectivity index (χ1) is 39.1. The molecule has 0 aliphatic rings. The number of fused-ring (bicyclic) bond motifs is 18. The molecule has 11 heteroatoms. The number of hydrogen-bond acceptors (Lipinski definition) is 10. The van der Waals surface area contributed by atoms with Gasteiger partial charge in [-0.25, -0.2) is 4.98 Å². The van der Waals surface area contributed by atoms with E-state index in [-0.39, 0.29) is 55.1 Å². The quantitative estimate of drug-likeness (QED) is 0.0596. The summed E-state index contributed by atoms with van der Waals surface area (Å²) in [5, 5.41) is 23.6. The summed E-state index contributed by atoms with van der Waals surface area (Å²) in [7, 11) is 0. The molecule has 0 aliphatic heterocycles. The zero-order valence-electron chi connectivity index (χ0n) is 50.9. The molecule has 0 bridgehead atoms. The predicted octanol–water partition coefficient (Wildman–Crippen LogP) is 18.0. The van der Waals surface area contributed by atoms with E-state index in [0.29, 0.717) is 0 Å². The number of Topliss-reactive ketones (excluding diaryl/α,β-unsaturated/α-hetero) is 2. The van der Waals surface area contributed by atoms with Crippen molar-refractivity contribution in [2.24, 2.45) is 21.7 Å². The Balaban J connectivity index is 0.000000152. The molecule has 0 unspecified atom stereocenters. The minimum atomic E-state index is -0.417. The van der Waals surface area contributed by atoms with Crippen LogP contribution in [0.25, 0.3) is 97.7 Å². The molecule has 9 aromatic carbocycles. The van der Waals surface area contributed by atoms with E-state index < -0.39 is 16.2 Å². The van der Waals surface area contributed by atoms with Crippen molar-refractivity contribution in [2.45, 2.75) is 110 Å². The van der Waals surface area contributed by atoms with Crippen molar-refractivity contribution in [1.82, 2.24) is 29.9 Å². The molecule has 0 amide bonds. The molecule has 431 valence electrons. The number of hydrogen-bond donors (Lipinski definition) is 1. The molecule has 0 aliphatic carbocycles. The zero-order valence-corrected chi connectivity index (χ0v) is 53.3. The summed E-state index contributed by atoms with van der Waals surface area (Å²) in [6, 6.07) is 52.2. The molecule has 0 saturated carbocycles. The van der Waals surface area contributed by atoms with Gasteiger partial charge in [-0.05, 0) is 42.3 Å². The van der Waals surface area contributed by atoms with Crippen LogP contribution >= 0.6 is 0 Å². The molecule has 0 atom stereocenters. The van der Waals surface area contributed by atoms with E-state index in [1.54, 1.807) is 0 Å². The number of aliphatic hydroxyl groups is 1. The number of rotatable bonds is 3. The maximum Gasteiger partial charge on any atom is 0.164 e. The van der Waals surface area contributed by atoms with E-state index in [0.717, 1.165) is 71.7 Å². The van der Waals surface area contributed by atoms with Crippen LogP contribution in [-0.2, 0) is 34.5 Å². The molecule has 1 radical (unpaired) electrons. The standard InChI is InChI=1S/C17H12N2.2C17H11N2.2C11H20O2.Ir/c3*1-11-10-18-16-14-8-4-2-6-12(14)13-7-3-5-9-15(13)17(16)19-11;2*1-10(2,3)8(12)7-9(13)11(4,5)6;/h2-10H,1H3;2*2-7,9-10H,1H3;7H2,1-6H3;7,12H,1-6H3;/q;2*-1;;;. The largest absolute Gasteiger partial charge is 0.512 e. The fourth-order valence-electron chi connectivity index (χ4n) is 9.20. The maximum absolute atomic E-state index is 11.5. The summed E-state index contributed by atoms with van der Waals surface area (Å²) < 4.78 is 0. The second-order valence-corrected chi connectivity index (χ2v) is 25.1. The smallest absolute Gasteiger partial charge is 0.164 e. The van der Waals surface area contributed by atoms with Crippen LogP contribution in [-0.4, -0.2) is 52.4 Å². The number of nitrogens with zero attached hydrogens (tertiary/aromatic N) is 6. The van der Waals surface area contributed by atoms with Gasteiger partial charge in [0.15, 0.2) is 5.78 Å². The number of benzene rings is 9. The third kappa shape index (κ3) is 14.4. The Morgan fingerprint density at radius 2 is 0.679 bits per heavy atom. The van der Waals surface area contributed by atoms with Gasteiger partial charge in [-0.3, -0.25) is 29.3 Å². The fourth-order valence-corrected chi connectivity index (χ4v) is 9.20. The minimum absolute atomic E-state index is 0. The van der Waals surface area contributed by atoms with Crippen molar-refractivity contribution in [2.75, 3.05) is 0 Å². The number of allylic oxidation sites excluding steroid dienone is 2. The summed E-state index contributed by atoms with van der Waals surface area (Å²) in [5.41, 5.74) is 7.03. The van der Waals surface area contributed by atoms with E-state index in [2.05, 4.69) is 134 Å². The molecule has 12 rings (SSSR count). The van der Waals surface area contributed by atoms with Gasteiger partial charge in [0, 0.05) is 88.2 Å². The van der Waals surface area contributed by atoms with E-state index in [1.807, 2.05) is 159 Å². The topological polar surface area (TPSA) is 149 Å². The number of carbonyl (C=O) groups excluding carboxylic acids is 3. The Bertz CT molecular complexity index is 3960. The average molecular weight is 1290 g/mol. The molecule has 0 saturated heterocycles. The first kappa shape index (κ1) is 63.3. The van der Waals surface area contributed by atoms with E-state index >= 15 is 0 Å². The van der Waals surface area contributed by atoms with Gasteiger partial charge in [-0.1, -0.05) is 202 Å². The Kier molecular flexibility index (Phi) is 19.4. The molecule has 84 heavy (non-hydrogen) atoms. The third-order valence-electron chi connectivity index (χ3n) is 14.2. The van der Waals surface area contributed by atoms with E-state index in [1.165, 1.54) is 49.2 Å². The van der Waals surface area contributed by atoms with Crippen molar-refractivity contribution in [1.29, 1.82) is 0 Å². The van der Waals surface area contributed by atoms with E-state index in [4.69, 9.17) is 4.98 Å². The second kappa shape index (κ2) is 25.7. The predicted molar refractivity (Wildman–Crippen MR) is 344 cm³/mol. The summed E-state index contributed by atoms with van der Waals surface area (Å²) in [6.07, 6.45) is 6.87. The van der Waals surface area contributed by atoms with Gasteiger partial charge in [0.1, 0.15) is 17.3 Å². The van der Waals surface area contributed by atoms with Crippen LogP contribution in [0, 0.1) is 54.6 Å². The first-order valence-electron chi connectivity index (χ1n) is 28.1. The number of aliphatic hydroxyl groups excluding tert-OH is 1. The van der Waals surface area contributed by atoms with Gasteiger partial charge < -0.3 is 15.1 Å². The van der Waals surface area contributed by atoms with Gasteiger partial charge in [0.05, 0.1) is 45.6 Å². The van der Waals surface area contributed by atoms with Crippen LogP contribution in [0.15, 0.2) is 164 Å². The SMILES string of the molecule is CC(C)(C)C(=O)C=C(O)C(C)(C)C.CC(C)(C)C(=O)CC(=O)C(C)(C)C.Cc1cnc2c3[c-]cccc3c3ccccc3c2n1.Cc1cnc2c3[c-]cccc3c3ccccc3c2n1.Cc1cnc2c3ccccc3c3ccccc3c2n1.[Ir]. The van der Waals surface area contributed by atoms with Crippen molar-refractivity contribution in [3.05, 3.63) is 193 Å². The van der Waals surface area contributed by atoms with Crippen LogP contribution in [0.3, 0.4) is 0 Å². The van der Waals surface area contributed by atoms with Gasteiger partial charge in [-0.2, -0.15) is 0 Å². The molecule has 1 N–H and O–H groups in total. The molecule has 10 nitrogen and oxygen atoms in total. The first-order valence-corrected chi connectivity index (χ1v) is 28.1. The van der Waals surface area contributed by atoms with Crippen LogP contribution in [0.2, 0.25) is 0 Å². The van der Waals surface area contributed by atoms with Gasteiger partial charge in [0.25, 0.3) is 0 Å². The van der Waals surface area contributed by atoms with Crippen molar-refractivity contribution in [3.8, 4) is 0 Å². The van der Waals surface area contributed by atoms with Gasteiger partial charge >= 0.3 is 0 Å². The molecular formula is C73H74IrN6O4-2. The van der Waals surface area contributed by atoms with Crippen LogP contribution < -0.4 is 0 Å². The second-order valence-electron chi connectivity index (χ2n) is 25.1. The Hall–Kier alpha value is -8.24. The Morgan fingerprint density at radius 1 is 0.393 bits per heavy atom. The maximum atomic E-state index is 11.5. The average Bonchev–Trinajstić information content (AvgIpc) is 1.24. The van der Waals surface area contributed by atoms with Crippen molar-refractivity contribution in [3.63, 3.8) is 0 Å². The Morgan fingerprint density at radius 3 is 1.00 bits per heavy atom. The van der Waals surface area contributed by atoms with Crippen LogP contribution in [0.5, 0.6) is 0 Å². The third-order valence-corrected chi connectivity index (χ3v) is 14.2. The Labute approximate surface area is 506 Å². The molecule has 12 aromatic rings. The zero-order chi connectivity index (χ0) is 60.2. The van der Waals surface area contributed by atoms with E-state index in [9.17, 15) is 19.5 Å². The monoisotopic (exact) mass is 1290 g/mol. The normalized spacial score (nSPS) is 12.0. The minimum Gasteiger partial charge on any atom is -0.512 e. The van der Waals surface area contributed by atoms with Crippen LogP contribution in [0.4, 0.5) is 0 Å². The number of aromatic nitrogens is 6. The number of carbonyl (C=O) groups is 3. The summed E-state index contributed by atoms with van der Waals surface area (Å²) >= 11 is 0. The van der Waals surface area contributed by atoms with Gasteiger partial charge in [-0.15, -0.1) is 59.3 Å². The summed E-state index contributed by atoms with van der Waals surface area (Å²) in [6.45, 7) is 28.1. The summed E-state index contributed by atoms with van der Waals surface area (Å²) in [4.78, 5) is 62.2. The van der Waals surface area contributed by atoms with Gasteiger partial charge in [0.2, 0.25) is 0 Å². The number of aryl methyl sites for hydroxylation is 3. The number of ketones is 3. The molecule has 3 aromatic heterocycles. The molecular weight excluding hydrogens is 1220 g/mol. The molecule has 3 heterocycles. The molecule has 0 fully saturated rings. The van der Waals surface area contributed by atoms with Crippen molar-refractivity contribution >= 4 is 115 Å². The summed E-state index contributed by atoms with van der Waals surface area (Å²) in [5.74, 6) is 0.146. The fraction of sp³-hybridized carbons (Fsp3) is 0.274.